The minimum atomic E-state index is -3.19. The van der Waals surface area contributed by atoms with Crippen LogP contribution in [0.3, 0.4) is 0 Å². The van der Waals surface area contributed by atoms with E-state index in [1.807, 2.05) is 6.92 Å². The van der Waals surface area contributed by atoms with Crippen LogP contribution >= 0.6 is 11.3 Å². The molecular weight excluding hydrogens is 388 g/mol. The molecule has 0 fully saturated rings. The second kappa shape index (κ2) is 7.40. The molecule has 1 aliphatic heterocycles. The predicted molar refractivity (Wildman–Crippen MR) is 103 cm³/mol. The molecule has 9 heteroatoms. The number of aryl methyl sites for hydroxylation is 2. The van der Waals surface area contributed by atoms with Crippen molar-refractivity contribution in [1.82, 2.24) is 4.98 Å². The van der Waals surface area contributed by atoms with E-state index in [2.05, 4.69) is 10.3 Å². The molecule has 0 aliphatic carbocycles. The van der Waals surface area contributed by atoms with Gasteiger partial charge in [0.2, 0.25) is 0 Å². The summed E-state index contributed by atoms with van der Waals surface area (Å²) >= 11 is 1.12. The highest BCUT2D eigenvalue weighted by Crippen LogP contribution is 2.38. The second-order valence-corrected chi connectivity index (χ2v) is 9.60. The Kier molecular flexibility index (Phi) is 5.34. The number of hydrogen-bond acceptors (Lipinski definition) is 7. The number of nitrogens with one attached hydrogen (secondary N) is 1. The number of esters is 1. The van der Waals surface area contributed by atoms with Gasteiger partial charge in [0.15, 0.2) is 9.84 Å². The molecule has 1 aliphatic rings. The number of aromatic nitrogens is 1. The van der Waals surface area contributed by atoms with E-state index in [-0.39, 0.29) is 30.1 Å². The van der Waals surface area contributed by atoms with Crippen molar-refractivity contribution >= 4 is 38.1 Å². The maximum Gasteiger partial charge on any atom is 0.341 e. The Morgan fingerprint density at radius 3 is 2.70 bits per heavy atom. The number of carbonyl (C=O) groups excluding carboxylic acids is 2. The molecule has 7 nitrogen and oxygen atoms in total. The first-order chi connectivity index (χ1) is 12.7. The number of sulfone groups is 1. The summed E-state index contributed by atoms with van der Waals surface area (Å²) in [5.41, 5.74) is 2.69. The van der Waals surface area contributed by atoms with Crippen LogP contribution < -0.4 is 5.32 Å². The Bertz CT molecular complexity index is 1020. The van der Waals surface area contributed by atoms with Crippen molar-refractivity contribution in [3.05, 3.63) is 45.1 Å². The van der Waals surface area contributed by atoms with Crippen LogP contribution in [0.15, 0.2) is 12.1 Å². The van der Waals surface area contributed by atoms with Crippen molar-refractivity contribution in [2.24, 2.45) is 0 Å². The van der Waals surface area contributed by atoms with Gasteiger partial charge in [-0.2, -0.15) is 0 Å². The molecule has 1 amide bonds. The van der Waals surface area contributed by atoms with Gasteiger partial charge in [-0.3, -0.25) is 9.78 Å². The molecule has 0 saturated carbocycles. The minimum Gasteiger partial charge on any atom is -0.462 e. The Hall–Kier alpha value is -2.26. The second-order valence-electron chi connectivity index (χ2n) is 6.31. The van der Waals surface area contributed by atoms with E-state index in [1.165, 1.54) is 0 Å². The maximum atomic E-state index is 12.7. The number of ether oxygens (including phenoxy) is 1. The van der Waals surface area contributed by atoms with Gasteiger partial charge < -0.3 is 10.1 Å². The standard InChI is InChI=1S/C18H20N2O5S2/c1-4-25-18(22)15-13-7-8-27(23,24)9-14(13)26-17(15)20-16(21)12-6-5-10(2)19-11(12)3/h5-6H,4,7-9H2,1-3H3,(H,20,21). The summed E-state index contributed by atoms with van der Waals surface area (Å²) in [6, 6.07) is 3.41. The van der Waals surface area contributed by atoms with Crippen LogP contribution in [0.25, 0.3) is 0 Å². The van der Waals surface area contributed by atoms with Gasteiger partial charge >= 0.3 is 5.97 Å². The Balaban J connectivity index is 2.00. The third kappa shape index (κ3) is 4.03. The molecule has 3 heterocycles. The first-order valence-electron chi connectivity index (χ1n) is 8.49. The Morgan fingerprint density at radius 2 is 2.04 bits per heavy atom. The zero-order chi connectivity index (χ0) is 19.8. The lowest BCUT2D eigenvalue weighted by atomic mass is 10.1. The van der Waals surface area contributed by atoms with Crippen LogP contribution in [0.1, 0.15) is 49.5 Å². The number of anilines is 1. The number of thiophene rings is 1. The number of amides is 1. The van der Waals surface area contributed by atoms with E-state index in [0.717, 1.165) is 17.0 Å². The van der Waals surface area contributed by atoms with Gasteiger partial charge in [0, 0.05) is 10.6 Å². The number of carbonyl (C=O) groups is 2. The molecule has 3 rings (SSSR count). The minimum absolute atomic E-state index is 0.0164. The fourth-order valence-electron chi connectivity index (χ4n) is 3.03. The summed E-state index contributed by atoms with van der Waals surface area (Å²) in [4.78, 5) is 30.0. The van der Waals surface area contributed by atoms with Gasteiger partial charge in [0.05, 0.1) is 34.9 Å². The number of hydrogen-bond donors (Lipinski definition) is 1. The summed E-state index contributed by atoms with van der Waals surface area (Å²) in [6.07, 6.45) is 0.239. The molecule has 0 unspecified atom stereocenters. The third-order valence-corrected chi connectivity index (χ3v) is 7.17. The molecule has 0 saturated heterocycles. The van der Waals surface area contributed by atoms with Gasteiger partial charge in [-0.05, 0) is 44.9 Å². The van der Waals surface area contributed by atoms with Crippen LogP contribution in [0.4, 0.5) is 5.00 Å². The lowest BCUT2D eigenvalue weighted by molar-refractivity contribution is 0.0527. The molecule has 0 atom stereocenters. The van der Waals surface area contributed by atoms with Gasteiger partial charge in [-0.25, -0.2) is 13.2 Å². The van der Waals surface area contributed by atoms with Crippen LogP contribution in [0.5, 0.6) is 0 Å². The SMILES string of the molecule is CCOC(=O)c1c(NC(=O)c2ccc(C)nc2C)sc2c1CCS(=O)(=O)C2. The zero-order valence-corrected chi connectivity index (χ0v) is 16.9. The molecule has 144 valence electrons. The molecule has 2 aromatic rings. The highest BCUT2D eigenvalue weighted by molar-refractivity contribution is 7.90. The summed E-state index contributed by atoms with van der Waals surface area (Å²) in [5, 5.41) is 3.07. The van der Waals surface area contributed by atoms with E-state index in [4.69, 9.17) is 4.74 Å². The first kappa shape index (κ1) is 19.5. The molecule has 0 radical (unpaired) electrons. The number of fused-ring (bicyclic) bond motifs is 1. The predicted octanol–water partition coefficient (Wildman–Crippen LogP) is 2.66. The first-order valence-corrected chi connectivity index (χ1v) is 11.1. The highest BCUT2D eigenvalue weighted by Gasteiger charge is 2.32. The summed E-state index contributed by atoms with van der Waals surface area (Å²) in [7, 11) is -3.19. The average molecular weight is 409 g/mol. The van der Waals surface area contributed by atoms with Crippen molar-refractivity contribution in [2.75, 3.05) is 17.7 Å². The number of nitrogens with zero attached hydrogens (tertiary/aromatic N) is 1. The van der Waals surface area contributed by atoms with Crippen molar-refractivity contribution < 1.29 is 22.7 Å². The summed E-state index contributed by atoms with van der Waals surface area (Å²) in [6.45, 7) is 5.46. The third-order valence-electron chi connectivity index (χ3n) is 4.28. The van der Waals surface area contributed by atoms with Gasteiger partial charge in [-0.1, -0.05) is 0 Å². The van der Waals surface area contributed by atoms with Crippen molar-refractivity contribution in [3.63, 3.8) is 0 Å². The molecule has 0 spiro atoms. The molecule has 2 aromatic heterocycles. The number of rotatable bonds is 4. The maximum absolute atomic E-state index is 12.7. The topological polar surface area (TPSA) is 102 Å². The molecular formula is C18H20N2O5S2. The average Bonchev–Trinajstić information content (AvgIpc) is 2.90. The molecule has 0 aromatic carbocycles. The van der Waals surface area contributed by atoms with Gasteiger partial charge in [-0.15, -0.1) is 11.3 Å². The highest BCUT2D eigenvalue weighted by atomic mass is 32.2. The summed E-state index contributed by atoms with van der Waals surface area (Å²) in [5.74, 6) is -1.09. The zero-order valence-electron chi connectivity index (χ0n) is 15.3. The van der Waals surface area contributed by atoms with Gasteiger partial charge in [0.1, 0.15) is 5.00 Å². The lowest BCUT2D eigenvalue weighted by Crippen LogP contribution is -2.20. The van der Waals surface area contributed by atoms with Gasteiger partial charge in [0.25, 0.3) is 5.91 Å². The smallest absolute Gasteiger partial charge is 0.341 e. The van der Waals surface area contributed by atoms with E-state index in [9.17, 15) is 18.0 Å². The van der Waals surface area contributed by atoms with Crippen molar-refractivity contribution in [3.8, 4) is 0 Å². The number of pyridine rings is 1. The van der Waals surface area contributed by atoms with E-state index >= 15 is 0 Å². The Morgan fingerprint density at radius 1 is 1.30 bits per heavy atom. The molecule has 1 N–H and O–H groups in total. The summed E-state index contributed by atoms with van der Waals surface area (Å²) < 4.78 is 29.0. The van der Waals surface area contributed by atoms with E-state index < -0.39 is 21.7 Å². The molecule has 0 bridgehead atoms. The Labute approximate surface area is 161 Å². The van der Waals surface area contributed by atoms with Crippen molar-refractivity contribution in [2.45, 2.75) is 32.9 Å². The fraction of sp³-hybridized carbons (Fsp3) is 0.389. The molecule has 27 heavy (non-hydrogen) atoms. The van der Waals surface area contributed by atoms with Crippen LogP contribution in [0, 0.1) is 13.8 Å². The largest absolute Gasteiger partial charge is 0.462 e. The van der Waals surface area contributed by atoms with Crippen LogP contribution in [-0.4, -0.2) is 37.6 Å². The van der Waals surface area contributed by atoms with Crippen LogP contribution in [0.2, 0.25) is 0 Å². The van der Waals surface area contributed by atoms with Crippen LogP contribution in [-0.2, 0) is 26.7 Å². The lowest BCUT2D eigenvalue weighted by Gasteiger charge is -2.13. The quantitative estimate of drug-likeness (QED) is 0.781. The van der Waals surface area contributed by atoms with E-state index in [1.54, 1.807) is 26.0 Å². The van der Waals surface area contributed by atoms with Crippen molar-refractivity contribution in [1.29, 1.82) is 0 Å². The normalized spacial score (nSPS) is 15.1. The van der Waals surface area contributed by atoms with E-state index in [0.29, 0.717) is 26.7 Å². The fourth-order valence-corrected chi connectivity index (χ4v) is 6.06. The monoisotopic (exact) mass is 408 g/mol.